The van der Waals surface area contributed by atoms with Gasteiger partial charge in [0.2, 0.25) is 0 Å². The fourth-order valence-corrected chi connectivity index (χ4v) is 3.42. The first-order valence-corrected chi connectivity index (χ1v) is 6.66. The van der Waals surface area contributed by atoms with Crippen LogP contribution in [0.4, 0.5) is 4.79 Å². The maximum absolute atomic E-state index is 11.9. The van der Waals surface area contributed by atoms with E-state index in [4.69, 9.17) is 5.73 Å². The summed E-state index contributed by atoms with van der Waals surface area (Å²) in [5.74, 6) is 0.983. The van der Waals surface area contributed by atoms with Gasteiger partial charge in [0.15, 0.2) is 0 Å². The summed E-state index contributed by atoms with van der Waals surface area (Å²) < 4.78 is 0. The van der Waals surface area contributed by atoms with Crippen molar-refractivity contribution in [3.8, 4) is 0 Å². The monoisotopic (exact) mass is 237 g/mol. The van der Waals surface area contributed by atoms with E-state index in [9.17, 15) is 4.79 Å². The second-order valence-corrected chi connectivity index (χ2v) is 5.73. The molecule has 4 nitrogen and oxygen atoms in total. The predicted molar refractivity (Wildman–Crippen MR) is 69.0 cm³/mol. The number of hydrogen-bond donors (Lipinski definition) is 1. The number of carbonyl (C=O) groups is 1. The van der Waals surface area contributed by atoms with Gasteiger partial charge < -0.3 is 10.6 Å². The average Bonchev–Trinajstić information content (AvgIpc) is 2.51. The lowest BCUT2D eigenvalue weighted by molar-refractivity contribution is 0.0984. The molecule has 96 valence electrons. The van der Waals surface area contributed by atoms with Gasteiger partial charge in [-0.25, -0.2) is 4.79 Å². The van der Waals surface area contributed by atoms with Crippen LogP contribution in [0, 0.1) is 5.92 Å². The van der Waals surface area contributed by atoms with E-state index in [1.807, 2.05) is 18.7 Å². The van der Waals surface area contributed by atoms with Crippen molar-refractivity contribution in [3.63, 3.8) is 0 Å². The molecule has 0 aromatic heterocycles. The van der Waals surface area contributed by atoms with Crippen LogP contribution < -0.4 is 5.73 Å². The van der Waals surface area contributed by atoms with E-state index in [2.05, 4.69) is 11.9 Å². The molecular formula is C13H23N3O. The summed E-state index contributed by atoms with van der Waals surface area (Å²) in [5, 5.41) is 0. The molecule has 1 fully saturated rings. The third-order valence-electron chi connectivity index (χ3n) is 4.36. The molecule has 1 aliphatic carbocycles. The Balaban J connectivity index is 2.31. The van der Waals surface area contributed by atoms with Crippen LogP contribution in [0.5, 0.6) is 0 Å². The molecule has 0 radical (unpaired) electrons. The lowest BCUT2D eigenvalue weighted by Gasteiger charge is -2.44. The smallest absolute Gasteiger partial charge is 0.346 e. The van der Waals surface area contributed by atoms with E-state index in [1.165, 1.54) is 19.3 Å². The molecule has 2 N–H and O–H groups in total. The van der Waals surface area contributed by atoms with Crippen molar-refractivity contribution in [2.75, 3.05) is 0 Å². The van der Waals surface area contributed by atoms with Gasteiger partial charge >= 0.3 is 6.03 Å². The molecule has 2 rings (SSSR count). The Kier molecular flexibility index (Phi) is 3.15. The Morgan fingerprint density at radius 1 is 1.35 bits per heavy atom. The lowest BCUT2D eigenvalue weighted by Crippen LogP contribution is -2.59. The van der Waals surface area contributed by atoms with E-state index in [0.717, 1.165) is 12.8 Å². The highest BCUT2D eigenvalue weighted by Gasteiger charge is 2.50. The van der Waals surface area contributed by atoms with Crippen molar-refractivity contribution in [3.05, 3.63) is 0 Å². The van der Waals surface area contributed by atoms with Gasteiger partial charge in [0, 0.05) is 6.04 Å². The molecule has 1 heterocycles. The summed E-state index contributed by atoms with van der Waals surface area (Å²) in [6.07, 6.45) is 6.10. The minimum absolute atomic E-state index is 0.152. The zero-order valence-corrected chi connectivity index (χ0v) is 11.1. The van der Waals surface area contributed by atoms with Gasteiger partial charge in [0.25, 0.3) is 0 Å². The molecule has 1 atom stereocenters. The molecule has 1 saturated carbocycles. The first-order valence-electron chi connectivity index (χ1n) is 6.66. The van der Waals surface area contributed by atoms with Crippen LogP contribution >= 0.6 is 0 Å². The second-order valence-electron chi connectivity index (χ2n) is 5.73. The van der Waals surface area contributed by atoms with Crippen molar-refractivity contribution >= 4 is 11.9 Å². The maximum atomic E-state index is 11.9. The van der Waals surface area contributed by atoms with Crippen LogP contribution in [0.25, 0.3) is 0 Å². The van der Waals surface area contributed by atoms with Gasteiger partial charge in [-0.1, -0.05) is 19.3 Å². The number of hydrogen-bond acceptors (Lipinski definition) is 2. The van der Waals surface area contributed by atoms with Crippen LogP contribution in [-0.2, 0) is 0 Å². The second kappa shape index (κ2) is 4.31. The van der Waals surface area contributed by atoms with Crippen molar-refractivity contribution in [1.82, 2.24) is 4.90 Å². The van der Waals surface area contributed by atoms with Crippen molar-refractivity contribution in [2.24, 2.45) is 16.6 Å². The van der Waals surface area contributed by atoms with Gasteiger partial charge in [-0.05, 0) is 39.5 Å². The fraction of sp³-hybridized carbons (Fsp3) is 0.846. The Morgan fingerprint density at radius 2 is 1.94 bits per heavy atom. The normalized spacial score (nSPS) is 31.2. The van der Waals surface area contributed by atoms with Crippen LogP contribution in [0.15, 0.2) is 4.99 Å². The third kappa shape index (κ3) is 1.83. The van der Waals surface area contributed by atoms with Gasteiger partial charge in [-0.2, -0.15) is 4.99 Å². The molecule has 17 heavy (non-hydrogen) atoms. The van der Waals surface area contributed by atoms with Crippen molar-refractivity contribution < 1.29 is 4.79 Å². The van der Waals surface area contributed by atoms with Crippen molar-refractivity contribution in [2.45, 2.75) is 64.5 Å². The summed E-state index contributed by atoms with van der Waals surface area (Å²) in [7, 11) is 0. The van der Waals surface area contributed by atoms with Crippen LogP contribution in [0.3, 0.4) is 0 Å². The van der Waals surface area contributed by atoms with E-state index in [0.29, 0.717) is 11.8 Å². The van der Waals surface area contributed by atoms with Gasteiger partial charge in [0.05, 0.1) is 0 Å². The predicted octanol–water partition coefficient (Wildman–Crippen LogP) is 2.53. The molecule has 0 saturated heterocycles. The SMILES string of the molecule is CC(C)N1C(=O)N=C(N)C1(C)C1CCCCC1. The maximum Gasteiger partial charge on any atom is 0.346 e. The van der Waals surface area contributed by atoms with Crippen LogP contribution in [0.1, 0.15) is 52.9 Å². The quantitative estimate of drug-likeness (QED) is 0.802. The van der Waals surface area contributed by atoms with Crippen LogP contribution in [0.2, 0.25) is 0 Å². The minimum Gasteiger partial charge on any atom is -0.385 e. The lowest BCUT2D eigenvalue weighted by atomic mass is 9.74. The molecular weight excluding hydrogens is 214 g/mol. The zero-order chi connectivity index (χ0) is 12.6. The zero-order valence-electron chi connectivity index (χ0n) is 11.1. The topological polar surface area (TPSA) is 58.7 Å². The Bertz CT molecular complexity index is 345. The first-order chi connectivity index (χ1) is 7.98. The molecule has 0 aromatic rings. The summed E-state index contributed by atoms with van der Waals surface area (Å²) in [6.45, 7) is 6.16. The third-order valence-corrected chi connectivity index (χ3v) is 4.36. The van der Waals surface area contributed by atoms with Crippen LogP contribution in [-0.4, -0.2) is 28.3 Å². The summed E-state index contributed by atoms with van der Waals surface area (Å²) in [4.78, 5) is 17.8. The number of nitrogens with two attached hydrogens (primary N) is 1. The largest absolute Gasteiger partial charge is 0.385 e. The molecule has 1 unspecified atom stereocenters. The standard InChI is InChI=1S/C13H23N3O/c1-9(2)16-12(17)15-11(14)13(16,3)10-7-5-4-6-8-10/h9-10H,4-8H2,1-3H3,(H2,14,15,17). The highest BCUT2D eigenvalue weighted by atomic mass is 16.2. The number of rotatable bonds is 2. The molecule has 1 aliphatic heterocycles. The fourth-order valence-electron chi connectivity index (χ4n) is 3.42. The number of amidine groups is 1. The Hall–Kier alpha value is -1.06. The van der Waals surface area contributed by atoms with Gasteiger partial charge in [0.1, 0.15) is 11.4 Å². The van der Waals surface area contributed by atoms with E-state index in [1.54, 1.807) is 0 Å². The number of aliphatic imine (C=N–C) groups is 1. The van der Waals surface area contributed by atoms with Gasteiger partial charge in [-0.3, -0.25) is 0 Å². The highest BCUT2D eigenvalue weighted by molar-refractivity contribution is 6.05. The Labute approximate surface area is 103 Å². The first kappa shape index (κ1) is 12.4. The summed E-state index contributed by atoms with van der Waals surface area (Å²) in [6, 6.07) is -0.00944. The summed E-state index contributed by atoms with van der Waals surface area (Å²) in [5.41, 5.74) is 5.69. The number of carbonyl (C=O) groups excluding carboxylic acids is 1. The number of amides is 2. The van der Waals surface area contributed by atoms with E-state index >= 15 is 0 Å². The molecule has 0 aromatic carbocycles. The Morgan fingerprint density at radius 3 is 2.47 bits per heavy atom. The molecule has 0 bridgehead atoms. The molecule has 0 spiro atoms. The number of urea groups is 1. The molecule has 2 aliphatic rings. The van der Waals surface area contributed by atoms with E-state index in [-0.39, 0.29) is 17.6 Å². The number of nitrogens with zero attached hydrogens (tertiary/aromatic N) is 2. The highest BCUT2D eigenvalue weighted by Crippen LogP contribution is 2.40. The van der Waals surface area contributed by atoms with Gasteiger partial charge in [-0.15, -0.1) is 0 Å². The van der Waals surface area contributed by atoms with E-state index < -0.39 is 0 Å². The van der Waals surface area contributed by atoms with Crippen molar-refractivity contribution in [1.29, 1.82) is 0 Å². The minimum atomic E-state index is -0.355. The molecule has 4 heteroatoms. The average molecular weight is 237 g/mol. The molecule has 2 amide bonds. The summed E-state index contributed by atoms with van der Waals surface area (Å²) >= 11 is 0.